The number of quaternary nitrogens is 1. The third kappa shape index (κ3) is 3.97. The molecule has 3 aliphatic rings. The van der Waals surface area contributed by atoms with E-state index in [2.05, 4.69) is 20.4 Å². The molecule has 1 aliphatic heterocycles. The molecule has 2 saturated carbocycles. The van der Waals surface area contributed by atoms with Gasteiger partial charge < -0.3 is 14.7 Å². The highest BCUT2D eigenvalue weighted by molar-refractivity contribution is 5.75. The molecule has 2 N–H and O–H groups in total. The molecule has 4 nitrogen and oxygen atoms in total. The van der Waals surface area contributed by atoms with Gasteiger partial charge in [0.15, 0.2) is 0 Å². The second kappa shape index (κ2) is 8.12. The Hall–Kier alpha value is -1.65. The number of esters is 1. The van der Waals surface area contributed by atoms with E-state index < -0.39 is 5.60 Å². The number of hydrogen-bond acceptors (Lipinski definition) is 3. The maximum Gasteiger partial charge on any atom is 0.315 e. The van der Waals surface area contributed by atoms with Crippen LogP contribution < -0.4 is 4.90 Å². The zero-order valence-electron chi connectivity index (χ0n) is 18.8. The number of likely N-dealkylation sites (N-methyl/N-ethyl adjacent to an activating group) is 1. The summed E-state index contributed by atoms with van der Waals surface area (Å²) in [6.07, 6.45) is 5.62. The van der Waals surface area contributed by atoms with Gasteiger partial charge in [0.05, 0.1) is 13.1 Å². The molecule has 2 aliphatic carbocycles. The Morgan fingerprint density at radius 2 is 2.07 bits per heavy atom. The second-order valence-electron chi connectivity index (χ2n) is 10.5. The van der Waals surface area contributed by atoms with Crippen LogP contribution in [0.1, 0.15) is 58.4 Å². The third-order valence-electron chi connectivity index (χ3n) is 8.32. The highest BCUT2D eigenvalue weighted by Gasteiger charge is 2.56. The van der Waals surface area contributed by atoms with Gasteiger partial charge in [0.25, 0.3) is 0 Å². The van der Waals surface area contributed by atoms with Crippen molar-refractivity contribution in [2.45, 2.75) is 64.6 Å². The van der Waals surface area contributed by atoms with E-state index in [4.69, 9.17) is 4.74 Å². The lowest BCUT2D eigenvalue weighted by Gasteiger charge is -2.50. The fourth-order valence-electron chi connectivity index (χ4n) is 6.53. The number of fused-ring (bicyclic) bond motifs is 2. The van der Waals surface area contributed by atoms with Gasteiger partial charge in [-0.15, -0.1) is 0 Å². The van der Waals surface area contributed by atoms with E-state index in [1.165, 1.54) is 23.3 Å². The van der Waals surface area contributed by atoms with E-state index in [1.807, 2.05) is 37.3 Å². The molecule has 0 aromatic heterocycles. The van der Waals surface area contributed by atoms with Crippen LogP contribution in [0, 0.1) is 23.2 Å². The van der Waals surface area contributed by atoms with E-state index in [-0.39, 0.29) is 29.3 Å². The zero-order chi connectivity index (χ0) is 21.5. The van der Waals surface area contributed by atoms with Crippen molar-refractivity contribution in [3.63, 3.8) is 0 Å². The fraction of sp³-hybridized carbons (Fsp3) is 0.654. The standard InChI is InChI=1S/C26H37NO3/c1-5-27(17-26(4,29)19-11-7-6-8-12-19)16-21-20-14-22-18(2)10-9-13-25(22,3)15-23(20)30-24(21)28/h6-8,11-12,20-23,29H,2,5,9-10,13-17H2,1,3-4H3/p+1. The lowest BCUT2D eigenvalue weighted by molar-refractivity contribution is -0.908. The van der Waals surface area contributed by atoms with Crippen molar-refractivity contribution in [1.82, 2.24) is 0 Å². The minimum Gasteiger partial charge on any atom is -0.462 e. The first-order valence-electron chi connectivity index (χ1n) is 11.7. The fourth-order valence-corrected chi connectivity index (χ4v) is 6.53. The van der Waals surface area contributed by atoms with Gasteiger partial charge in [0.1, 0.15) is 24.2 Å². The van der Waals surface area contributed by atoms with Crippen LogP contribution in [-0.2, 0) is 15.1 Å². The van der Waals surface area contributed by atoms with Crippen molar-refractivity contribution in [2.75, 3.05) is 19.6 Å². The molecule has 1 aromatic carbocycles. The average molecular weight is 413 g/mol. The summed E-state index contributed by atoms with van der Waals surface area (Å²) in [7, 11) is 0. The Morgan fingerprint density at radius 3 is 2.77 bits per heavy atom. The summed E-state index contributed by atoms with van der Waals surface area (Å²) in [6, 6.07) is 9.84. The van der Waals surface area contributed by atoms with Crippen molar-refractivity contribution in [3.8, 4) is 0 Å². The maximum absolute atomic E-state index is 12.9. The molecule has 164 valence electrons. The number of aliphatic hydroxyl groups is 1. The first-order valence-corrected chi connectivity index (χ1v) is 11.7. The Morgan fingerprint density at radius 1 is 1.33 bits per heavy atom. The minimum atomic E-state index is -0.919. The Bertz CT molecular complexity index is 789. The topological polar surface area (TPSA) is 51.0 Å². The zero-order valence-corrected chi connectivity index (χ0v) is 18.8. The normalized spacial score (nSPS) is 36.4. The quantitative estimate of drug-likeness (QED) is 0.558. The third-order valence-corrected chi connectivity index (χ3v) is 8.32. The Balaban J connectivity index is 1.48. The van der Waals surface area contributed by atoms with Crippen LogP contribution in [0.5, 0.6) is 0 Å². The van der Waals surface area contributed by atoms with Crippen LogP contribution >= 0.6 is 0 Å². The second-order valence-corrected chi connectivity index (χ2v) is 10.5. The molecule has 7 unspecified atom stereocenters. The monoisotopic (exact) mass is 412 g/mol. The molecule has 1 aromatic rings. The predicted octanol–water partition coefficient (Wildman–Crippen LogP) is 3.11. The van der Waals surface area contributed by atoms with Crippen LogP contribution in [0.3, 0.4) is 0 Å². The van der Waals surface area contributed by atoms with Crippen LogP contribution in [0.4, 0.5) is 0 Å². The van der Waals surface area contributed by atoms with E-state index in [0.717, 1.165) is 37.9 Å². The number of rotatable bonds is 6. The molecular weight excluding hydrogens is 374 g/mol. The lowest BCUT2D eigenvalue weighted by atomic mass is 9.55. The summed E-state index contributed by atoms with van der Waals surface area (Å²) in [5.41, 5.74) is 1.62. The number of carbonyl (C=O) groups excluding carboxylic acids is 1. The van der Waals surface area contributed by atoms with Crippen LogP contribution in [0.2, 0.25) is 0 Å². The van der Waals surface area contributed by atoms with Crippen molar-refractivity contribution >= 4 is 5.97 Å². The van der Waals surface area contributed by atoms with Crippen LogP contribution in [0.25, 0.3) is 0 Å². The molecule has 1 heterocycles. The summed E-state index contributed by atoms with van der Waals surface area (Å²) in [4.78, 5) is 14.2. The molecule has 0 amide bonds. The molecule has 0 radical (unpaired) electrons. The van der Waals surface area contributed by atoms with E-state index >= 15 is 0 Å². The predicted molar refractivity (Wildman–Crippen MR) is 118 cm³/mol. The van der Waals surface area contributed by atoms with Crippen LogP contribution in [0.15, 0.2) is 42.5 Å². The molecule has 1 saturated heterocycles. The molecule has 4 heteroatoms. The van der Waals surface area contributed by atoms with Gasteiger partial charge in [-0.1, -0.05) is 49.4 Å². The molecule has 3 fully saturated rings. The van der Waals surface area contributed by atoms with Gasteiger partial charge in [0, 0.05) is 5.92 Å². The van der Waals surface area contributed by atoms with Crippen LogP contribution in [-0.4, -0.2) is 36.8 Å². The summed E-state index contributed by atoms with van der Waals surface area (Å²) < 4.78 is 5.94. The SMILES string of the molecule is C=C1CCCC2(C)CC3OC(=O)C(C[NH+](CC)CC(C)(O)c4ccccc4)C3CC12. The average Bonchev–Trinajstić information content (AvgIpc) is 3.00. The highest BCUT2D eigenvalue weighted by atomic mass is 16.6. The molecule has 0 spiro atoms. The van der Waals surface area contributed by atoms with E-state index in [1.54, 1.807) is 0 Å². The number of benzene rings is 1. The van der Waals surface area contributed by atoms with E-state index in [9.17, 15) is 9.90 Å². The molecule has 0 bridgehead atoms. The number of carbonyl (C=O) groups is 1. The smallest absolute Gasteiger partial charge is 0.315 e. The summed E-state index contributed by atoms with van der Waals surface area (Å²) in [5, 5.41) is 11.1. The first-order chi connectivity index (χ1) is 14.2. The number of nitrogens with one attached hydrogen (secondary N) is 1. The number of hydrogen-bond donors (Lipinski definition) is 2. The lowest BCUT2D eigenvalue weighted by Crippen LogP contribution is -3.14. The molecular formula is C26H38NO3+. The Kier molecular flexibility index (Phi) is 5.84. The van der Waals surface area contributed by atoms with Gasteiger partial charge >= 0.3 is 5.97 Å². The summed E-state index contributed by atoms with van der Waals surface area (Å²) in [5.74, 6) is 0.703. The number of ether oxygens (including phenoxy) is 1. The van der Waals surface area contributed by atoms with Gasteiger partial charge in [-0.05, 0) is 62.8 Å². The van der Waals surface area contributed by atoms with E-state index in [0.29, 0.717) is 12.5 Å². The minimum absolute atomic E-state index is 0.0248. The summed E-state index contributed by atoms with van der Waals surface area (Å²) in [6.45, 7) is 13.0. The van der Waals surface area contributed by atoms with Gasteiger partial charge in [-0.3, -0.25) is 4.79 Å². The van der Waals surface area contributed by atoms with Crippen molar-refractivity contribution in [3.05, 3.63) is 48.0 Å². The molecule has 7 atom stereocenters. The molecule has 30 heavy (non-hydrogen) atoms. The van der Waals surface area contributed by atoms with Gasteiger partial charge in [-0.25, -0.2) is 0 Å². The van der Waals surface area contributed by atoms with Gasteiger partial charge in [-0.2, -0.15) is 0 Å². The molecule has 4 rings (SSSR count). The summed E-state index contributed by atoms with van der Waals surface area (Å²) >= 11 is 0. The highest BCUT2D eigenvalue weighted by Crippen LogP contribution is 2.56. The van der Waals surface area contributed by atoms with Crippen molar-refractivity contribution in [1.29, 1.82) is 0 Å². The van der Waals surface area contributed by atoms with Gasteiger partial charge in [0.2, 0.25) is 0 Å². The number of allylic oxidation sites excluding steroid dienone is 1. The maximum atomic E-state index is 12.9. The largest absolute Gasteiger partial charge is 0.462 e. The van der Waals surface area contributed by atoms with Crippen molar-refractivity contribution < 1.29 is 19.5 Å². The van der Waals surface area contributed by atoms with Crippen molar-refractivity contribution in [2.24, 2.45) is 23.2 Å². The Labute approximate surface area is 181 Å². The first kappa shape index (κ1) is 21.6.